The van der Waals surface area contributed by atoms with Crippen LogP contribution in [0.25, 0.3) is 0 Å². The van der Waals surface area contributed by atoms with Crippen molar-refractivity contribution in [2.75, 3.05) is 16.2 Å². The van der Waals surface area contributed by atoms with Crippen LogP contribution in [0.3, 0.4) is 0 Å². The first kappa shape index (κ1) is 17.0. The number of nitrogens with one attached hydrogen (secondary N) is 2. The van der Waals surface area contributed by atoms with E-state index in [1.165, 1.54) is 0 Å². The maximum absolute atomic E-state index is 12.0. The van der Waals surface area contributed by atoms with E-state index in [2.05, 4.69) is 4.72 Å². The van der Waals surface area contributed by atoms with E-state index in [0.29, 0.717) is 23.4 Å². The smallest absolute Gasteiger partial charge is 0.232 e. The summed E-state index contributed by atoms with van der Waals surface area (Å²) in [4.78, 5) is 0. The highest BCUT2D eigenvalue weighted by atomic mass is 32.2. The van der Waals surface area contributed by atoms with Crippen LogP contribution in [0.2, 0.25) is 0 Å². The second-order valence-corrected chi connectivity index (χ2v) is 7.16. The van der Waals surface area contributed by atoms with Gasteiger partial charge in [0.05, 0.1) is 11.5 Å². The largest absolute Gasteiger partial charge is 0.398 e. The van der Waals surface area contributed by atoms with Crippen LogP contribution in [-0.2, 0) is 10.0 Å². The van der Waals surface area contributed by atoms with E-state index in [0.717, 1.165) is 12.0 Å². The Labute approximate surface area is 137 Å². The molecule has 0 radical (unpaired) electrons. The lowest BCUT2D eigenvalue weighted by Crippen LogP contribution is -2.17. The monoisotopic (exact) mass is 331 g/mol. The lowest BCUT2D eigenvalue weighted by atomic mass is 10.0. The molecule has 122 valence electrons. The molecule has 0 unspecified atom stereocenters. The number of unbranched alkanes of at least 4 members (excludes halogenated alkanes) is 1. The van der Waals surface area contributed by atoms with Crippen molar-refractivity contribution in [3.8, 4) is 0 Å². The molecular weight excluding hydrogens is 310 g/mol. The standard InChI is InChI=1S/C17H21N3O2S/c1-2-3-11-23(21,22)20-14-9-10-16(18)15(12-14)17(19)13-7-5-4-6-8-13/h4-10,12,19-20H,2-3,11,18H2,1H3. The van der Waals surface area contributed by atoms with Gasteiger partial charge < -0.3 is 5.73 Å². The van der Waals surface area contributed by atoms with E-state index in [1.54, 1.807) is 18.2 Å². The van der Waals surface area contributed by atoms with Crippen LogP contribution in [0.4, 0.5) is 11.4 Å². The maximum atomic E-state index is 12.0. The predicted octanol–water partition coefficient (Wildman–Crippen LogP) is 3.23. The van der Waals surface area contributed by atoms with Gasteiger partial charge >= 0.3 is 0 Å². The highest BCUT2D eigenvalue weighted by Gasteiger charge is 2.13. The van der Waals surface area contributed by atoms with Gasteiger partial charge in [-0.05, 0) is 24.6 Å². The van der Waals surface area contributed by atoms with E-state index in [9.17, 15) is 8.42 Å². The predicted molar refractivity (Wildman–Crippen MR) is 95.5 cm³/mol. The number of hydrogen-bond donors (Lipinski definition) is 3. The summed E-state index contributed by atoms with van der Waals surface area (Å²) in [6.07, 6.45) is 1.42. The van der Waals surface area contributed by atoms with Crippen LogP contribution >= 0.6 is 0 Å². The van der Waals surface area contributed by atoms with E-state index in [1.807, 2.05) is 37.3 Å². The van der Waals surface area contributed by atoms with Gasteiger partial charge in [0.2, 0.25) is 10.0 Å². The molecule has 4 N–H and O–H groups in total. The molecule has 0 saturated carbocycles. The molecular formula is C17H21N3O2S. The normalized spacial score (nSPS) is 11.2. The molecule has 0 bridgehead atoms. The summed E-state index contributed by atoms with van der Waals surface area (Å²) in [5.74, 6) is 0.0827. The van der Waals surface area contributed by atoms with Crippen LogP contribution in [0.1, 0.15) is 30.9 Å². The van der Waals surface area contributed by atoms with Crippen molar-refractivity contribution in [3.05, 3.63) is 59.7 Å². The second-order valence-electron chi connectivity index (χ2n) is 5.32. The molecule has 23 heavy (non-hydrogen) atoms. The SMILES string of the molecule is CCCCS(=O)(=O)Nc1ccc(N)c(C(=N)c2ccccc2)c1. The average Bonchev–Trinajstić information content (AvgIpc) is 2.55. The van der Waals surface area contributed by atoms with Gasteiger partial charge in [0.15, 0.2) is 0 Å². The fraction of sp³-hybridized carbons (Fsp3) is 0.235. The Balaban J connectivity index is 2.28. The van der Waals surface area contributed by atoms with Crippen LogP contribution in [0.5, 0.6) is 0 Å². The van der Waals surface area contributed by atoms with Gasteiger partial charge in [-0.1, -0.05) is 43.7 Å². The minimum atomic E-state index is -3.38. The van der Waals surface area contributed by atoms with Gasteiger partial charge in [0.25, 0.3) is 0 Å². The fourth-order valence-corrected chi connectivity index (χ4v) is 3.42. The Morgan fingerprint density at radius 1 is 1.17 bits per heavy atom. The van der Waals surface area contributed by atoms with Crippen molar-refractivity contribution in [3.63, 3.8) is 0 Å². The molecule has 0 heterocycles. The van der Waals surface area contributed by atoms with Crippen molar-refractivity contribution in [1.82, 2.24) is 0 Å². The molecule has 0 aliphatic carbocycles. The molecule has 0 aliphatic heterocycles. The van der Waals surface area contributed by atoms with E-state index in [4.69, 9.17) is 11.1 Å². The number of hydrogen-bond acceptors (Lipinski definition) is 4. The number of benzene rings is 2. The fourth-order valence-electron chi connectivity index (χ4n) is 2.16. The molecule has 2 aromatic rings. The van der Waals surface area contributed by atoms with Crippen LogP contribution in [0, 0.1) is 5.41 Å². The van der Waals surface area contributed by atoms with E-state index < -0.39 is 10.0 Å². The summed E-state index contributed by atoms with van der Waals surface area (Å²) >= 11 is 0. The van der Waals surface area contributed by atoms with Crippen LogP contribution < -0.4 is 10.5 Å². The summed E-state index contributed by atoms with van der Waals surface area (Å²) in [6, 6.07) is 14.0. The summed E-state index contributed by atoms with van der Waals surface area (Å²) in [7, 11) is -3.38. The molecule has 0 saturated heterocycles. The Morgan fingerprint density at radius 2 is 1.87 bits per heavy atom. The van der Waals surface area contributed by atoms with Crippen LogP contribution in [0.15, 0.2) is 48.5 Å². The maximum Gasteiger partial charge on any atom is 0.232 e. The first-order valence-corrected chi connectivity index (χ1v) is 9.12. The van der Waals surface area contributed by atoms with Gasteiger partial charge in [-0.3, -0.25) is 10.1 Å². The molecule has 5 nitrogen and oxygen atoms in total. The third-order valence-electron chi connectivity index (χ3n) is 3.43. The molecule has 0 aliphatic rings. The number of rotatable bonds is 7. The molecule has 0 amide bonds. The minimum Gasteiger partial charge on any atom is -0.398 e. The first-order chi connectivity index (χ1) is 10.9. The lowest BCUT2D eigenvalue weighted by Gasteiger charge is -2.12. The Kier molecular flexibility index (Phi) is 5.39. The summed E-state index contributed by atoms with van der Waals surface area (Å²) in [5, 5.41) is 8.29. The van der Waals surface area contributed by atoms with Crippen molar-refractivity contribution in [1.29, 1.82) is 5.41 Å². The molecule has 0 spiro atoms. The molecule has 2 aromatic carbocycles. The number of sulfonamides is 1. The molecule has 2 rings (SSSR count). The third-order valence-corrected chi connectivity index (χ3v) is 4.80. The van der Waals surface area contributed by atoms with E-state index >= 15 is 0 Å². The zero-order chi connectivity index (χ0) is 16.9. The summed E-state index contributed by atoms with van der Waals surface area (Å²) < 4.78 is 26.5. The summed E-state index contributed by atoms with van der Waals surface area (Å²) in [6.45, 7) is 1.94. The van der Waals surface area contributed by atoms with E-state index in [-0.39, 0.29) is 11.5 Å². The molecule has 0 fully saturated rings. The van der Waals surface area contributed by atoms with Crippen molar-refractivity contribution in [2.45, 2.75) is 19.8 Å². The zero-order valence-corrected chi connectivity index (χ0v) is 13.9. The van der Waals surface area contributed by atoms with Gasteiger partial charge in [-0.2, -0.15) is 0 Å². The highest BCUT2D eigenvalue weighted by molar-refractivity contribution is 7.92. The summed E-state index contributed by atoms with van der Waals surface area (Å²) in [5.41, 5.74) is 8.31. The van der Waals surface area contributed by atoms with Crippen LogP contribution in [-0.4, -0.2) is 19.9 Å². The molecule has 0 atom stereocenters. The highest BCUT2D eigenvalue weighted by Crippen LogP contribution is 2.22. The number of anilines is 2. The number of nitrogens with two attached hydrogens (primary N) is 1. The average molecular weight is 331 g/mol. The Hall–Kier alpha value is -2.34. The van der Waals surface area contributed by atoms with Gasteiger partial charge in [-0.25, -0.2) is 8.42 Å². The Morgan fingerprint density at radius 3 is 2.52 bits per heavy atom. The molecule has 6 heteroatoms. The Bertz CT molecular complexity index is 787. The van der Waals surface area contributed by atoms with Crippen molar-refractivity contribution >= 4 is 27.1 Å². The quantitative estimate of drug-likeness (QED) is 0.537. The van der Waals surface area contributed by atoms with Gasteiger partial charge in [0.1, 0.15) is 0 Å². The van der Waals surface area contributed by atoms with Crippen molar-refractivity contribution in [2.24, 2.45) is 0 Å². The lowest BCUT2D eigenvalue weighted by molar-refractivity contribution is 0.598. The minimum absolute atomic E-state index is 0.0827. The molecule has 0 aromatic heterocycles. The topological polar surface area (TPSA) is 96.0 Å². The van der Waals surface area contributed by atoms with Gasteiger partial charge in [-0.15, -0.1) is 0 Å². The van der Waals surface area contributed by atoms with Gasteiger partial charge in [0, 0.05) is 22.5 Å². The second kappa shape index (κ2) is 7.28. The van der Waals surface area contributed by atoms with Crippen molar-refractivity contribution < 1.29 is 8.42 Å². The first-order valence-electron chi connectivity index (χ1n) is 7.47. The third kappa shape index (κ3) is 4.56. The zero-order valence-electron chi connectivity index (χ0n) is 13.0. The number of nitrogen functional groups attached to an aromatic ring is 1.